The first kappa shape index (κ1) is 24.8. The second kappa shape index (κ2) is 10.5. The Labute approximate surface area is 203 Å². The highest BCUT2D eigenvalue weighted by Gasteiger charge is 2.31. The minimum Gasteiger partial charge on any atom is -0.495 e. The summed E-state index contributed by atoms with van der Waals surface area (Å²) in [5.74, 6) is -0.534. The minimum absolute atomic E-state index is 0.0743. The standard InChI is InChI=1S/C24H23F3N4O3S/c1-34-20-9-8-16(24(25,26)27)11-18(20)29-21(32)14-35-22-17-6-2-3-7-19(17)31(23(33)30-22)13-15-5-4-10-28-12-15/h4-5,8-12H,2-3,6-7,13-14H2,1H3,(H,29,32). The Morgan fingerprint density at radius 2 is 2.03 bits per heavy atom. The maximum Gasteiger partial charge on any atom is 0.416 e. The molecule has 2 heterocycles. The number of methoxy groups -OCH3 is 1. The molecule has 0 aliphatic heterocycles. The van der Waals surface area contributed by atoms with E-state index in [1.54, 1.807) is 17.0 Å². The Balaban J connectivity index is 1.53. The number of anilines is 1. The third-order valence-electron chi connectivity index (χ3n) is 5.66. The molecule has 3 aromatic rings. The number of pyridine rings is 1. The van der Waals surface area contributed by atoms with Crippen molar-refractivity contribution in [2.45, 2.75) is 43.4 Å². The van der Waals surface area contributed by atoms with Gasteiger partial charge in [0.15, 0.2) is 0 Å². The Morgan fingerprint density at radius 3 is 2.74 bits per heavy atom. The third kappa shape index (κ3) is 5.84. The number of fused-ring (bicyclic) bond motifs is 1. The number of benzene rings is 1. The predicted octanol–water partition coefficient (Wildman–Crippen LogP) is 4.32. The molecule has 0 bridgehead atoms. The van der Waals surface area contributed by atoms with Gasteiger partial charge in [0.1, 0.15) is 10.8 Å². The van der Waals surface area contributed by atoms with E-state index < -0.39 is 23.3 Å². The van der Waals surface area contributed by atoms with Crippen molar-refractivity contribution in [1.29, 1.82) is 0 Å². The summed E-state index contributed by atoms with van der Waals surface area (Å²) in [7, 11) is 1.31. The molecule has 2 aromatic heterocycles. The van der Waals surface area contributed by atoms with E-state index in [0.29, 0.717) is 11.6 Å². The summed E-state index contributed by atoms with van der Waals surface area (Å²) in [6.07, 6.45) is 2.18. The second-order valence-electron chi connectivity index (χ2n) is 8.03. The highest BCUT2D eigenvalue weighted by atomic mass is 32.2. The number of amides is 1. The number of hydrogen-bond donors (Lipinski definition) is 1. The molecular formula is C24H23F3N4O3S. The van der Waals surface area contributed by atoms with Gasteiger partial charge < -0.3 is 10.1 Å². The maximum absolute atomic E-state index is 13.1. The number of thioether (sulfide) groups is 1. The number of ether oxygens (including phenoxy) is 1. The van der Waals surface area contributed by atoms with Crippen LogP contribution in [-0.2, 0) is 30.4 Å². The number of nitrogens with zero attached hydrogens (tertiary/aromatic N) is 3. The Kier molecular flexibility index (Phi) is 7.44. The van der Waals surface area contributed by atoms with Crippen molar-refractivity contribution in [2.75, 3.05) is 18.2 Å². The SMILES string of the molecule is COc1ccc(C(F)(F)F)cc1NC(=O)CSc1nc(=O)n(Cc2cccnc2)c2c1CCCC2. The van der Waals surface area contributed by atoms with Gasteiger partial charge in [0.05, 0.1) is 30.7 Å². The molecule has 35 heavy (non-hydrogen) atoms. The quantitative estimate of drug-likeness (QED) is 0.381. The van der Waals surface area contributed by atoms with Gasteiger partial charge in [-0.3, -0.25) is 14.3 Å². The van der Waals surface area contributed by atoms with Gasteiger partial charge in [0.25, 0.3) is 0 Å². The Hall–Kier alpha value is -3.34. The fraction of sp³-hybridized carbons (Fsp3) is 0.333. The molecule has 4 rings (SSSR count). The van der Waals surface area contributed by atoms with Crippen LogP contribution < -0.4 is 15.7 Å². The minimum atomic E-state index is -4.55. The number of hydrogen-bond acceptors (Lipinski definition) is 6. The molecule has 0 saturated carbocycles. The average Bonchev–Trinajstić information content (AvgIpc) is 2.84. The van der Waals surface area contributed by atoms with Crippen LogP contribution in [0.4, 0.5) is 18.9 Å². The van der Waals surface area contributed by atoms with E-state index in [0.717, 1.165) is 72.5 Å². The lowest BCUT2D eigenvalue weighted by Crippen LogP contribution is -2.30. The summed E-state index contributed by atoms with van der Waals surface area (Å²) in [5.41, 5.74) is 1.36. The van der Waals surface area contributed by atoms with Crippen molar-refractivity contribution >= 4 is 23.4 Å². The van der Waals surface area contributed by atoms with Crippen LogP contribution in [0.5, 0.6) is 5.75 Å². The van der Waals surface area contributed by atoms with Crippen molar-refractivity contribution in [3.8, 4) is 5.75 Å². The number of alkyl halides is 3. The third-order valence-corrected chi connectivity index (χ3v) is 6.67. The van der Waals surface area contributed by atoms with E-state index >= 15 is 0 Å². The number of nitrogens with one attached hydrogen (secondary N) is 1. The summed E-state index contributed by atoms with van der Waals surface area (Å²) < 4.78 is 46.0. The second-order valence-corrected chi connectivity index (χ2v) is 8.99. The molecule has 1 amide bonds. The van der Waals surface area contributed by atoms with E-state index in [1.807, 2.05) is 12.1 Å². The molecule has 11 heteroatoms. The largest absolute Gasteiger partial charge is 0.495 e. The summed E-state index contributed by atoms with van der Waals surface area (Å²) in [6, 6.07) is 6.58. The van der Waals surface area contributed by atoms with E-state index in [-0.39, 0.29) is 17.2 Å². The first-order valence-electron chi connectivity index (χ1n) is 11.0. The van der Waals surface area contributed by atoms with Gasteiger partial charge in [0.2, 0.25) is 5.91 Å². The van der Waals surface area contributed by atoms with Gasteiger partial charge >= 0.3 is 11.9 Å². The number of halogens is 3. The van der Waals surface area contributed by atoms with Gasteiger partial charge in [-0.2, -0.15) is 18.2 Å². The maximum atomic E-state index is 13.1. The molecule has 1 aliphatic rings. The van der Waals surface area contributed by atoms with Gasteiger partial charge in [-0.25, -0.2) is 4.79 Å². The monoisotopic (exact) mass is 504 g/mol. The van der Waals surface area contributed by atoms with Crippen molar-refractivity contribution in [1.82, 2.24) is 14.5 Å². The van der Waals surface area contributed by atoms with Gasteiger partial charge in [-0.05, 0) is 55.5 Å². The molecule has 0 saturated heterocycles. The van der Waals surface area contributed by atoms with E-state index in [9.17, 15) is 22.8 Å². The molecule has 0 unspecified atom stereocenters. The summed E-state index contributed by atoms with van der Waals surface area (Å²) >= 11 is 1.10. The molecule has 0 radical (unpaired) electrons. The van der Waals surface area contributed by atoms with Crippen LogP contribution in [0.2, 0.25) is 0 Å². The molecule has 0 atom stereocenters. The number of carbonyl (C=O) groups excluding carboxylic acids is 1. The van der Waals surface area contributed by atoms with E-state index in [2.05, 4.69) is 15.3 Å². The van der Waals surface area contributed by atoms with Crippen LogP contribution in [0, 0.1) is 0 Å². The topological polar surface area (TPSA) is 86.1 Å². The smallest absolute Gasteiger partial charge is 0.416 e. The number of aromatic nitrogens is 3. The van der Waals surface area contributed by atoms with E-state index in [4.69, 9.17) is 4.74 Å². The summed E-state index contributed by atoms with van der Waals surface area (Å²) in [6.45, 7) is 0.364. The van der Waals surface area contributed by atoms with Gasteiger partial charge in [0, 0.05) is 23.7 Å². The normalized spacial score (nSPS) is 13.3. The van der Waals surface area contributed by atoms with Crippen LogP contribution in [0.25, 0.3) is 0 Å². The Morgan fingerprint density at radius 1 is 1.23 bits per heavy atom. The molecule has 7 nitrogen and oxygen atoms in total. The average molecular weight is 505 g/mol. The first-order chi connectivity index (χ1) is 16.8. The van der Waals surface area contributed by atoms with Gasteiger partial charge in [-0.1, -0.05) is 17.8 Å². The lowest BCUT2D eigenvalue weighted by Gasteiger charge is -2.22. The summed E-state index contributed by atoms with van der Waals surface area (Å²) in [5, 5.41) is 2.96. The van der Waals surface area contributed by atoms with Crippen molar-refractivity contribution < 1.29 is 22.7 Å². The molecular weight excluding hydrogens is 481 g/mol. The van der Waals surface area contributed by atoms with Crippen LogP contribution in [-0.4, -0.2) is 33.3 Å². The van der Waals surface area contributed by atoms with Crippen LogP contribution in [0.15, 0.2) is 52.5 Å². The molecule has 0 spiro atoms. The zero-order valence-corrected chi connectivity index (χ0v) is 19.7. The lowest BCUT2D eigenvalue weighted by atomic mass is 9.97. The molecule has 184 valence electrons. The zero-order valence-electron chi connectivity index (χ0n) is 18.9. The van der Waals surface area contributed by atoms with Crippen LogP contribution in [0.3, 0.4) is 0 Å². The molecule has 1 N–H and O–H groups in total. The van der Waals surface area contributed by atoms with E-state index in [1.165, 1.54) is 7.11 Å². The highest BCUT2D eigenvalue weighted by molar-refractivity contribution is 8.00. The lowest BCUT2D eigenvalue weighted by molar-refractivity contribution is -0.137. The van der Waals surface area contributed by atoms with Crippen LogP contribution >= 0.6 is 11.8 Å². The fourth-order valence-corrected chi connectivity index (χ4v) is 4.88. The number of rotatable bonds is 7. The van der Waals surface area contributed by atoms with Crippen molar-refractivity contribution in [3.63, 3.8) is 0 Å². The van der Waals surface area contributed by atoms with Gasteiger partial charge in [-0.15, -0.1) is 0 Å². The van der Waals surface area contributed by atoms with Crippen LogP contribution in [0.1, 0.15) is 35.2 Å². The van der Waals surface area contributed by atoms with Crippen molar-refractivity contribution in [2.24, 2.45) is 0 Å². The Bertz CT molecular complexity index is 1280. The zero-order chi connectivity index (χ0) is 25.0. The first-order valence-corrected chi connectivity index (χ1v) is 11.9. The molecule has 1 aliphatic carbocycles. The molecule has 1 aromatic carbocycles. The highest BCUT2D eigenvalue weighted by Crippen LogP contribution is 2.35. The predicted molar refractivity (Wildman–Crippen MR) is 126 cm³/mol. The fourth-order valence-electron chi connectivity index (χ4n) is 4.01. The van der Waals surface area contributed by atoms with Crippen molar-refractivity contribution in [3.05, 3.63) is 75.6 Å². The summed E-state index contributed by atoms with van der Waals surface area (Å²) in [4.78, 5) is 33.8. The number of carbonyl (C=O) groups is 1. The molecule has 0 fully saturated rings.